The van der Waals surface area contributed by atoms with Crippen LogP contribution in [-0.2, 0) is 4.79 Å². The average molecular weight is 359 g/mol. The number of carboxylic acid groups (broad SMARTS) is 1. The predicted molar refractivity (Wildman–Crippen MR) is 75.4 cm³/mol. The lowest BCUT2D eigenvalue weighted by Crippen LogP contribution is -2.47. The van der Waals surface area contributed by atoms with Crippen molar-refractivity contribution in [2.75, 3.05) is 6.54 Å². The fraction of sp³-hybridized carbons (Fsp3) is 0.385. The van der Waals surface area contributed by atoms with Crippen LogP contribution in [0.3, 0.4) is 0 Å². The van der Waals surface area contributed by atoms with E-state index in [1.54, 1.807) is 12.1 Å². The van der Waals surface area contributed by atoms with E-state index < -0.39 is 11.4 Å². The van der Waals surface area contributed by atoms with Gasteiger partial charge in [-0.05, 0) is 47.6 Å². The van der Waals surface area contributed by atoms with Crippen LogP contribution in [0.5, 0.6) is 0 Å². The molecular weight excluding hydrogens is 345 g/mol. The van der Waals surface area contributed by atoms with Crippen molar-refractivity contribution < 1.29 is 14.7 Å². The summed E-state index contributed by atoms with van der Waals surface area (Å²) in [7, 11) is 0. The Morgan fingerprint density at radius 1 is 1.33 bits per heavy atom. The minimum absolute atomic E-state index is 0.201. The summed E-state index contributed by atoms with van der Waals surface area (Å²) in [6, 6.07) is 7.26. The summed E-state index contributed by atoms with van der Waals surface area (Å²) in [4.78, 5) is 23.1. The molecule has 0 spiro atoms. The van der Waals surface area contributed by atoms with E-state index in [1.807, 2.05) is 12.1 Å². The van der Waals surface area contributed by atoms with Gasteiger partial charge in [-0.1, -0.05) is 18.6 Å². The number of amides is 1. The highest BCUT2D eigenvalue weighted by atomic mass is 127. The Morgan fingerprint density at radius 3 is 2.50 bits per heavy atom. The summed E-state index contributed by atoms with van der Waals surface area (Å²) < 4.78 is 0.866. The van der Waals surface area contributed by atoms with E-state index >= 15 is 0 Å². The second-order valence-corrected chi connectivity index (χ2v) is 5.76. The average Bonchev–Trinajstić information content (AvgIpc) is 2.27. The molecule has 2 rings (SSSR count). The van der Waals surface area contributed by atoms with Crippen molar-refractivity contribution in [2.24, 2.45) is 5.41 Å². The third-order valence-corrected chi connectivity index (χ3v) is 4.41. The molecule has 5 heteroatoms. The first kappa shape index (κ1) is 13.3. The number of hydrogen-bond acceptors (Lipinski definition) is 2. The Balaban J connectivity index is 2.01. The van der Waals surface area contributed by atoms with Gasteiger partial charge in [-0.2, -0.15) is 0 Å². The fourth-order valence-corrected chi connectivity index (χ4v) is 2.69. The van der Waals surface area contributed by atoms with Crippen LogP contribution in [0, 0.1) is 8.99 Å². The first-order valence-corrected chi connectivity index (χ1v) is 6.89. The van der Waals surface area contributed by atoms with E-state index in [0.717, 1.165) is 9.99 Å². The summed E-state index contributed by atoms with van der Waals surface area (Å²) in [5, 5.41) is 11.9. The first-order valence-electron chi connectivity index (χ1n) is 5.81. The van der Waals surface area contributed by atoms with Crippen LogP contribution >= 0.6 is 22.6 Å². The highest BCUT2D eigenvalue weighted by molar-refractivity contribution is 14.1. The predicted octanol–water partition coefficient (Wildman–Crippen LogP) is 2.28. The van der Waals surface area contributed by atoms with Crippen molar-refractivity contribution in [1.82, 2.24) is 5.32 Å². The smallest absolute Gasteiger partial charge is 0.311 e. The highest BCUT2D eigenvalue weighted by Gasteiger charge is 2.44. The Bertz CT molecular complexity index is 483. The van der Waals surface area contributed by atoms with E-state index in [1.165, 1.54) is 0 Å². The normalized spacial score (nSPS) is 16.7. The van der Waals surface area contributed by atoms with Gasteiger partial charge in [-0.25, -0.2) is 0 Å². The maximum atomic E-state index is 12.0. The number of benzene rings is 1. The zero-order valence-electron chi connectivity index (χ0n) is 9.78. The number of aliphatic carboxylic acids is 1. The summed E-state index contributed by atoms with van der Waals surface area (Å²) in [5.41, 5.74) is -0.145. The molecule has 0 heterocycles. The summed E-state index contributed by atoms with van der Waals surface area (Å²) in [6.45, 7) is 0.214. The molecule has 0 bridgehead atoms. The van der Waals surface area contributed by atoms with Gasteiger partial charge in [0.2, 0.25) is 0 Å². The van der Waals surface area contributed by atoms with Crippen molar-refractivity contribution in [3.05, 3.63) is 33.4 Å². The molecule has 1 amide bonds. The third kappa shape index (κ3) is 2.50. The van der Waals surface area contributed by atoms with Crippen molar-refractivity contribution in [3.8, 4) is 0 Å². The summed E-state index contributed by atoms with van der Waals surface area (Å²) in [6.07, 6.45) is 2.22. The minimum atomic E-state index is -0.809. The maximum absolute atomic E-state index is 12.0. The van der Waals surface area contributed by atoms with E-state index in [0.29, 0.717) is 18.4 Å². The molecule has 1 aromatic carbocycles. The maximum Gasteiger partial charge on any atom is 0.311 e. The Morgan fingerprint density at radius 2 is 2.00 bits per heavy atom. The Hall–Kier alpha value is -1.11. The van der Waals surface area contributed by atoms with E-state index in [9.17, 15) is 9.59 Å². The van der Waals surface area contributed by atoms with Crippen LogP contribution in [0.1, 0.15) is 29.6 Å². The van der Waals surface area contributed by atoms with Crippen molar-refractivity contribution in [1.29, 1.82) is 0 Å². The molecule has 0 atom stereocenters. The highest BCUT2D eigenvalue weighted by Crippen LogP contribution is 2.40. The van der Waals surface area contributed by atoms with Crippen LogP contribution in [-0.4, -0.2) is 23.5 Å². The van der Waals surface area contributed by atoms with E-state index in [2.05, 4.69) is 27.9 Å². The van der Waals surface area contributed by atoms with Gasteiger partial charge >= 0.3 is 5.97 Å². The quantitative estimate of drug-likeness (QED) is 0.811. The van der Waals surface area contributed by atoms with Gasteiger partial charge in [-0.3, -0.25) is 9.59 Å². The number of carbonyl (C=O) groups is 2. The molecule has 18 heavy (non-hydrogen) atoms. The van der Waals surface area contributed by atoms with E-state index in [-0.39, 0.29) is 12.5 Å². The molecule has 0 unspecified atom stereocenters. The topological polar surface area (TPSA) is 66.4 Å². The molecule has 0 aromatic heterocycles. The minimum Gasteiger partial charge on any atom is -0.481 e. The Kier molecular flexibility index (Phi) is 3.89. The molecular formula is C13H14INO3. The van der Waals surface area contributed by atoms with Gasteiger partial charge in [0.05, 0.1) is 11.0 Å². The third-order valence-electron chi connectivity index (χ3n) is 3.47. The number of rotatable bonds is 4. The molecule has 2 N–H and O–H groups in total. The number of hydrogen-bond donors (Lipinski definition) is 2. The van der Waals surface area contributed by atoms with Crippen molar-refractivity contribution in [2.45, 2.75) is 19.3 Å². The van der Waals surface area contributed by atoms with Gasteiger partial charge in [0.15, 0.2) is 0 Å². The van der Waals surface area contributed by atoms with Crippen LogP contribution in [0.4, 0.5) is 0 Å². The number of nitrogens with one attached hydrogen (secondary N) is 1. The fourth-order valence-electron chi connectivity index (χ4n) is 2.06. The van der Waals surface area contributed by atoms with Crippen molar-refractivity contribution >= 4 is 34.5 Å². The molecule has 0 radical (unpaired) electrons. The summed E-state index contributed by atoms with van der Waals surface area (Å²) in [5.74, 6) is -1.01. The largest absolute Gasteiger partial charge is 0.481 e. The monoisotopic (exact) mass is 359 g/mol. The molecule has 1 aliphatic carbocycles. The van der Waals surface area contributed by atoms with E-state index in [4.69, 9.17) is 5.11 Å². The molecule has 0 saturated heterocycles. The van der Waals surface area contributed by atoms with Gasteiger partial charge < -0.3 is 10.4 Å². The number of carboxylic acids is 1. The number of halogens is 1. The second-order valence-electron chi connectivity index (χ2n) is 4.60. The van der Waals surface area contributed by atoms with Crippen LogP contribution in [0.2, 0.25) is 0 Å². The molecule has 1 saturated carbocycles. The van der Waals surface area contributed by atoms with Crippen molar-refractivity contribution in [3.63, 3.8) is 0 Å². The zero-order chi connectivity index (χ0) is 13.2. The lowest BCUT2D eigenvalue weighted by atomic mass is 9.69. The molecule has 1 fully saturated rings. The summed E-state index contributed by atoms with van der Waals surface area (Å²) >= 11 is 2.10. The lowest BCUT2D eigenvalue weighted by molar-refractivity contribution is -0.153. The molecule has 4 nitrogen and oxygen atoms in total. The Labute approximate surface area is 119 Å². The first-order chi connectivity index (χ1) is 8.55. The standard InChI is InChI=1S/C13H14INO3/c14-10-5-2-1-4-9(10)11(16)15-8-13(12(17)18)6-3-7-13/h1-2,4-5H,3,6-8H2,(H,15,16)(H,17,18). The molecule has 96 valence electrons. The second kappa shape index (κ2) is 5.26. The van der Waals surface area contributed by atoms with Crippen LogP contribution < -0.4 is 5.32 Å². The van der Waals surface area contributed by atoms with Gasteiger partial charge in [0.1, 0.15) is 0 Å². The number of carbonyl (C=O) groups excluding carboxylic acids is 1. The van der Waals surface area contributed by atoms with Crippen LogP contribution in [0.25, 0.3) is 0 Å². The molecule has 1 aromatic rings. The molecule has 1 aliphatic rings. The van der Waals surface area contributed by atoms with Gasteiger partial charge in [-0.15, -0.1) is 0 Å². The zero-order valence-corrected chi connectivity index (χ0v) is 11.9. The van der Waals surface area contributed by atoms with Gasteiger partial charge in [0, 0.05) is 10.1 Å². The SMILES string of the molecule is O=C(NCC1(C(=O)O)CCC1)c1ccccc1I. The van der Waals surface area contributed by atoms with Crippen LogP contribution in [0.15, 0.2) is 24.3 Å². The molecule has 0 aliphatic heterocycles. The lowest BCUT2D eigenvalue weighted by Gasteiger charge is -2.37. The van der Waals surface area contributed by atoms with Gasteiger partial charge in [0.25, 0.3) is 5.91 Å².